The Morgan fingerprint density at radius 1 is 0.952 bits per heavy atom. The van der Waals surface area contributed by atoms with Gasteiger partial charge in [-0.2, -0.15) is 0 Å². The van der Waals surface area contributed by atoms with Gasteiger partial charge in [-0.15, -0.1) is 0 Å². The van der Waals surface area contributed by atoms with Crippen LogP contribution in [0.25, 0.3) is 17.0 Å². The van der Waals surface area contributed by atoms with Crippen molar-refractivity contribution in [1.29, 1.82) is 0 Å². The first-order valence-electron chi connectivity index (χ1n) is 6.67. The molecule has 2 aromatic carbocycles. The van der Waals surface area contributed by atoms with E-state index in [1.165, 1.54) is 6.08 Å². The monoisotopic (exact) mass is 274 g/mol. The number of nitrogen functional groups attached to an aromatic ring is 1. The van der Waals surface area contributed by atoms with Gasteiger partial charge in [-0.05, 0) is 36.4 Å². The number of fused-ring (bicyclic) bond motifs is 1. The Hall–Kier alpha value is -2.94. The Morgan fingerprint density at radius 3 is 2.57 bits per heavy atom. The fourth-order valence-electron chi connectivity index (χ4n) is 2.15. The van der Waals surface area contributed by atoms with E-state index < -0.39 is 0 Å². The first-order valence-corrected chi connectivity index (χ1v) is 6.67. The van der Waals surface area contributed by atoms with Crippen LogP contribution in [0, 0.1) is 0 Å². The van der Waals surface area contributed by atoms with Crippen molar-refractivity contribution in [2.24, 2.45) is 0 Å². The zero-order valence-corrected chi connectivity index (χ0v) is 11.4. The van der Waals surface area contributed by atoms with E-state index in [2.05, 4.69) is 4.98 Å². The molecule has 1 aromatic heterocycles. The number of nitrogens with zero attached hydrogens (tertiary/aromatic N) is 1. The SMILES string of the molecule is Nc1ccccc1C(=O)/C=C/c1ccc2ccccc2n1. The van der Waals surface area contributed by atoms with Crippen molar-refractivity contribution >= 4 is 28.4 Å². The summed E-state index contributed by atoms with van der Waals surface area (Å²) in [5.74, 6) is -0.122. The summed E-state index contributed by atoms with van der Waals surface area (Å²) in [6, 6.07) is 18.8. The molecular formula is C18H14N2O. The summed E-state index contributed by atoms with van der Waals surface area (Å²) in [6.45, 7) is 0. The molecule has 3 nitrogen and oxygen atoms in total. The Bertz CT molecular complexity index is 837. The van der Waals surface area contributed by atoms with Gasteiger partial charge < -0.3 is 5.73 Å². The molecule has 0 saturated heterocycles. The average molecular weight is 274 g/mol. The zero-order valence-electron chi connectivity index (χ0n) is 11.4. The molecule has 0 spiro atoms. The molecule has 1 heterocycles. The number of rotatable bonds is 3. The molecule has 3 rings (SSSR count). The molecule has 0 unspecified atom stereocenters. The van der Waals surface area contributed by atoms with Gasteiger partial charge in [-0.25, -0.2) is 4.98 Å². The topological polar surface area (TPSA) is 56.0 Å². The van der Waals surface area contributed by atoms with Gasteiger partial charge in [0, 0.05) is 16.6 Å². The molecule has 0 fully saturated rings. The second-order valence-corrected chi connectivity index (χ2v) is 4.71. The Kier molecular flexibility index (Phi) is 3.48. The molecule has 102 valence electrons. The maximum absolute atomic E-state index is 12.1. The molecule has 3 aromatic rings. The molecule has 0 amide bonds. The molecule has 21 heavy (non-hydrogen) atoms. The fourth-order valence-corrected chi connectivity index (χ4v) is 2.15. The summed E-state index contributed by atoms with van der Waals surface area (Å²) >= 11 is 0. The van der Waals surface area contributed by atoms with Gasteiger partial charge in [0.2, 0.25) is 0 Å². The van der Waals surface area contributed by atoms with E-state index in [1.54, 1.807) is 30.3 Å². The van der Waals surface area contributed by atoms with Crippen LogP contribution in [0.5, 0.6) is 0 Å². The number of carbonyl (C=O) groups is 1. The molecular weight excluding hydrogens is 260 g/mol. The van der Waals surface area contributed by atoms with E-state index in [1.807, 2.05) is 36.4 Å². The van der Waals surface area contributed by atoms with Crippen molar-refractivity contribution < 1.29 is 4.79 Å². The summed E-state index contributed by atoms with van der Waals surface area (Å²) in [6.07, 6.45) is 3.21. The predicted molar refractivity (Wildman–Crippen MR) is 86.0 cm³/mol. The summed E-state index contributed by atoms with van der Waals surface area (Å²) in [4.78, 5) is 16.6. The quantitative estimate of drug-likeness (QED) is 0.450. The number of benzene rings is 2. The maximum Gasteiger partial charge on any atom is 0.187 e. The number of pyridine rings is 1. The minimum absolute atomic E-state index is 0.122. The summed E-state index contributed by atoms with van der Waals surface area (Å²) in [5.41, 5.74) is 8.44. The highest BCUT2D eigenvalue weighted by atomic mass is 16.1. The molecule has 0 bridgehead atoms. The number of hydrogen-bond donors (Lipinski definition) is 1. The second kappa shape index (κ2) is 5.59. The van der Waals surface area contributed by atoms with Crippen LogP contribution in [0.3, 0.4) is 0 Å². The van der Waals surface area contributed by atoms with Gasteiger partial charge in [0.25, 0.3) is 0 Å². The third-order valence-corrected chi connectivity index (χ3v) is 3.25. The van der Waals surface area contributed by atoms with E-state index >= 15 is 0 Å². The number of allylic oxidation sites excluding steroid dienone is 1. The van der Waals surface area contributed by atoms with Crippen LogP contribution in [-0.2, 0) is 0 Å². The van der Waals surface area contributed by atoms with E-state index in [-0.39, 0.29) is 5.78 Å². The van der Waals surface area contributed by atoms with Crippen LogP contribution in [0.1, 0.15) is 16.1 Å². The largest absolute Gasteiger partial charge is 0.398 e. The van der Waals surface area contributed by atoms with Crippen LogP contribution in [0.4, 0.5) is 5.69 Å². The van der Waals surface area contributed by atoms with Crippen LogP contribution >= 0.6 is 0 Å². The van der Waals surface area contributed by atoms with Crippen molar-refractivity contribution in [3.8, 4) is 0 Å². The van der Waals surface area contributed by atoms with Gasteiger partial charge in [0.05, 0.1) is 11.2 Å². The molecule has 0 radical (unpaired) electrons. The van der Waals surface area contributed by atoms with E-state index in [4.69, 9.17) is 5.73 Å². The van der Waals surface area contributed by atoms with Crippen molar-refractivity contribution in [1.82, 2.24) is 4.98 Å². The van der Waals surface area contributed by atoms with Gasteiger partial charge in [-0.3, -0.25) is 4.79 Å². The normalized spacial score (nSPS) is 11.0. The van der Waals surface area contributed by atoms with Crippen LogP contribution in [-0.4, -0.2) is 10.8 Å². The summed E-state index contributed by atoms with van der Waals surface area (Å²) in [7, 11) is 0. The van der Waals surface area contributed by atoms with Crippen LogP contribution in [0.2, 0.25) is 0 Å². The highest BCUT2D eigenvalue weighted by Gasteiger charge is 2.05. The maximum atomic E-state index is 12.1. The second-order valence-electron chi connectivity index (χ2n) is 4.71. The molecule has 3 heteroatoms. The third kappa shape index (κ3) is 2.82. The lowest BCUT2D eigenvalue weighted by atomic mass is 10.1. The number of carbonyl (C=O) groups excluding carboxylic acids is 1. The number of hydrogen-bond acceptors (Lipinski definition) is 3. The average Bonchev–Trinajstić information content (AvgIpc) is 2.53. The predicted octanol–water partition coefficient (Wildman–Crippen LogP) is 3.71. The van der Waals surface area contributed by atoms with Gasteiger partial charge >= 0.3 is 0 Å². The highest BCUT2D eigenvalue weighted by Crippen LogP contribution is 2.14. The molecule has 0 aliphatic rings. The lowest BCUT2D eigenvalue weighted by molar-refractivity contribution is 0.104. The molecule has 0 aliphatic carbocycles. The molecule has 0 saturated carbocycles. The zero-order chi connectivity index (χ0) is 14.7. The molecule has 0 atom stereocenters. The highest BCUT2D eigenvalue weighted by molar-refractivity contribution is 6.10. The van der Waals surface area contributed by atoms with Crippen molar-refractivity contribution in [2.75, 3.05) is 5.73 Å². The van der Waals surface area contributed by atoms with E-state index in [9.17, 15) is 4.79 Å². The lowest BCUT2D eigenvalue weighted by Crippen LogP contribution is -2.00. The smallest absolute Gasteiger partial charge is 0.187 e. The minimum atomic E-state index is -0.122. The van der Waals surface area contributed by atoms with Crippen molar-refractivity contribution in [3.63, 3.8) is 0 Å². The molecule has 0 aliphatic heterocycles. The van der Waals surface area contributed by atoms with Crippen LogP contribution in [0.15, 0.2) is 66.7 Å². The van der Waals surface area contributed by atoms with Crippen molar-refractivity contribution in [3.05, 3.63) is 78.0 Å². The first kappa shape index (κ1) is 13.1. The van der Waals surface area contributed by atoms with Crippen molar-refractivity contribution in [2.45, 2.75) is 0 Å². The van der Waals surface area contributed by atoms with E-state index in [0.717, 1.165) is 16.6 Å². The Balaban J connectivity index is 1.87. The van der Waals surface area contributed by atoms with Gasteiger partial charge in [-0.1, -0.05) is 36.4 Å². The Morgan fingerprint density at radius 2 is 1.71 bits per heavy atom. The summed E-state index contributed by atoms with van der Waals surface area (Å²) in [5, 5.41) is 1.08. The number of aromatic nitrogens is 1. The fraction of sp³-hybridized carbons (Fsp3) is 0. The standard InChI is InChI=1S/C18H14N2O/c19-16-7-3-2-6-15(16)18(21)12-11-14-10-9-13-5-1-4-8-17(13)20-14/h1-12H,19H2/b12-11+. The van der Waals surface area contributed by atoms with Crippen LogP contribution < -0.4 is 5.73 Å². The lowest BCUT2D eigenvalue weighted by Gasteiger charge is -2.01. The van der Waals surface area contributed by atoms with E-state index in [0.29, 0.717) is 11.3 Å². The summed E-state index contributed by atoms with van der Waals surface area (Å²) < 4.78 is 0. The number of para-hydroxylation sites is 2. The minimum Gasteiger partial charge on any atom is -0.398 e. The van der Waals surface area contributed by atoms with Gasteiger partial charge in [0.1, 0.15) is 0 Å². The van der Waals surface area contributed by atoms with Gasteiger partial charge in [0.15, 0.2) is 5.78 Å². The Labute approximate surface area is 122 Å². The molecule has 2 N–H and O–H groups in total. The number of ketones is 1. The first-order chi connectivity index (χ1) is 10.2. The third-order valence-electron chi connectivity index (χ3n) is 3.25. The number of nitrogens with two attached hydrogens (primary N) is 1. The number of anilines is 1.